The molecule has 0 aliphatic carbocycles. The van der Waals surface area contributed by atoms with Gasteiger partial charge in [0, 0.05) is 25.7 Å². The number of hydrogen-bond acceptors (Lipinski definition) is 6. The van der Waals surface area contributed by atoms with Gasteiger partial charge >= 0.3 is 5.97 Å². The van der Waals surface area contributed by atoms with Crippen molar-refractivity contribution in [1.29, 1.82) is 0 Å². The van der Waals surface area contributed by atoms with Gasteiger partial charge in [0.2, 0.25) is 0 Å². The number of nitrogens with zero attached hydrogens (tertiary/aromatic N) is 2. The van der Waals surface area contributed by atoms with Crippen molar-refractivity contribution in [2.45, 2.75) is 32.1 Å². The van der Waals surface area contributed by atoms with Crippen molar-refractivity contribution >= 4 is 5.97 Å². The molecule has 1 aliphatic rings. The molecule has 0 unspecified atom stereocenters. The van der Waals surface area contributed by atoms with Gasteiger partial charge in [-0.05, 0) is 24.6 Å². The van der Waals surface area contributed by atoms with Crippen LogP contribution in [-0.2, 0) is 17.8 Å². The Morgan fingerprint density at radius 3 is 2.75 bits per heavy atom. The maximum absolute atomic E-state index is 10.7. The predicted molar refractivity (Wildman–Crippen MR) is 84.7 cm³/mol. The predicted octanol–water partition coefficient (Wildman–Crippen LogP) is 1.23. The Balaban J connectivity index is 1.56. The van der Waals surface area contributed by atoms with E-state index in [0.717, 1.165) is 11.5 Å². The number of hydrogen-bond donors (Lipinski definition) is 2. The van der Waals surface area contributed by atoms with E-state index in [1.54, 1.807) is 24.3 Å². The second-order valence-corrected chi connectivity index (χ2v) is 6.06. The first-order chi connectivity index (χ1) is 11.5. The minimum Gasteiger partial charge on any atom is -0.486 e. The number of ether oxygens (including phenoxy) is 1. The number of β-amino-alcohol motifs (C(OH)–C–C–N with tert-alkyl or cyclic N) is 1. The molecule has 2 atom stereocenters. The van der Waals surface area contributed by atoms with E-state index in [1.807, 2.05) is 13.0 Å². The summed E-state index contributed by atoms with van der Waals surface area (Å²) in [4.78, 5) is 12.7. The van der Waals surface area contributed by atoms with E-state index in [4.69, 9.17) is 14.4 Å². The van der Waals surface area contributed by atoms with Crippen LogP contribution in [0.25, 0.3) is 0 Å². The molecule has 1 aromatic heterocycles. The van der Waals surface area contributed by atoms with Crippen molar-refractivity contribution in [1.82, 2.24) is 10.1 Å². The number of aliphatic carboxylic acids is 1. The molecular weight excluding hydrogens is 312 g/mol. The first-order valence-corrected chi connectivity index (χ1v) is 7.79. The van der Waals surface area contributed by atoms with E-state index in [0.29, 0.717) is 30.9 Å². The zero-order valence-electron chi connectivity index (χ0n) is 13.4. The van der Waals surface area contributed by atoms with E-state index in [2.05, 4.69) is 10.1 Å². The number of carbonyl (C=O) groups is 1. The lowest BCUT2D eigenvalue weighted by atomic mass is 10.1. The van der Waals surface area contributed by atoms with Crippen molar-refractivity contribution in [2.24, 2.45) is 0 Å². The third-order valence-corrected chi connectivity index (χ3v) is 3.94. The molecule has 128 valence electrons. The highest BCUT2D eigenvalue weighted by atomic mass is 16.5. The number of aliphatic hydroxyl groups is 1. The monoisotopic (exact) mass is 332 g/mol. The van der Waals surface area contributed by atoms with Gasteiger partial charge in [-0.1, -0.05) is 17.3 Å². The Morgan fingerprint density at radius 2 is 2.12 bits per heavy atom. The van der Waals surface area contributed by atoms with Crippen LogP contribution in [0.2, 0.25) is 0 Å². The molecule has 2 heterocycles. The van der Waals surface area contributed by atoms with Crippen LogP contribution >= 0.6 is 0 Å². The molecule has 24 heavy (non-hydrogen) atoms. The number of carboxylic acids is 1. The van der Waals surface area contributed by atoms with Crippen LogP contribution in [0.15, 0.2) is 34.9 Å². The highest BCUT2D eigenvalue weighted by molar-refractivity contribution is 5.70. The summed E-state index contributed by atoms with van der Waals surface area (Å²) >= 11 is 0. The third kappa shape index (κ3) is 4.12. The number of aryl methyl sites for hydroxylation is 1. The van der Waals surface area contributed by atoms with E-state index in [-0.39, 0.29) is 12.5 Å². The summed E-state index contributed by atoms with van der Waals surface area (Å²) in [6, 6.07) is 8.78. The molecule has 2 aromatic rings. The highest BCUT2D eigenvalue weighted by Gasteiger charge is 2.33. The molecule has 0 bridgehead atoms. The summed E-state index contributed by atoms with van der Waals surface area (Å²) in [6.45, 7) is 3.54. The quantitative estimate of drug-likeness (QED) is 0.821. The number of carboxylic acid groups (broad SMARTS) is 1. The summed E-state index contributed by atoms with van der Waals surface area (Å²) < 4.78 is 10.9. The van der Waals surface area contributed by atoms with Gasteiger partial charge in [-0.2, -0.15) is 0 Å². The molecule has 1 aliphatic heterocycles. The largest absolute Gasteiger partial charge is 0.486 e. The Labute approximate surface area is 139 Å². The number of rotatable bonds is 6. The van der Waals surface area contributed by atoms with Crippen LogP contribution in [0.5, 0.6) is 5.75 Å². The van der Waals surface area contributed by atoms with E-state index >= 15 is 0 Å². The van der Waals surface area contributed by atoms with Gasteiger partial charge in [0.1, 0.15) is 23.7 Å². The number of likely N-dealkylation sites (tertiary alicyclic amines) is 1. The maximum Gasteiger partial charge on any atom is 0.307 e. The topological polar surface area (TPSA) is 96.0 Å². The fourth-order valence-electron chi connectivity index (χ4n) is 2.83. The minimum absolute atomic E-state index is 0.0166. The number of aliphatic hydroxyl groups excluding tert-OH is 1. The van der Waals surface area contributed by atoms with Crippen LogP contribution in [0, 0.1) is 6.92 Å². The summed E-state index contributed by atoms with van der Waals surface area (Å²) in [5.74, 6) is 0.514. The van der Waals surface area contributed by atoms with Gasteiger partial charge in [0.25, 0.3) is 0 Å². The molecule has 1 saturated heterocycles. The lowest BCUT2D eigenvalue weighted by molar-refractivity contribution is -0.136. The van der Waals surface area contributed by atoms with E-state index in [9.17, 15) is 9.90 Å². The van der Waals surface area contributed by atoms with Gasteiger partial charge < -0.3 is 19.5 Å². The highest BCUT2D eigenvalue weighted by Crippen LogP contribution is 2.21. The van der Waals surface area contributed by atoms with Gasteiger partial charge in [0.05, 0.1) is 12.1 Å². The molecule has 3 rings (SSSR count). The molecule has 0 spiro atoms. The van der Waals surface area contributed by atoms with Crippen molar-refractivity contribution in [3.8, 4) is 5.75 Å². The summed E-state index contributed by atoms with van der Waals surface area (Å²) in [5, 5.41) is 22.9. The first kappa shape index (κ1) is 16.5. The molecular formula is C17H20N2O5. The molecule has 0 amide bonds. The standard InChI is InChI=1S/C17H20N2O5/c1-11-6-13(18-24-11)8-19-9-15(20)16(10-19)23-14-4-2-12(3-5-14)7-17(21)22/h2-6,15-16,20H,7-10H2,1H3,(H,21,22)/t15-,16-/m1/s1. The van der Waals surface area contributed by atoms with Gasteiger partial charge in [0.15, 0.2) is 0 Å². The maximum atomic E-state index is 10.7. The van der Waals surface area contributed by atoms with E-state index in [1.165, 1.54) is 0 Å². The minimum atomic E-state index is -0.867. The third-order valence-electron chi connectivity index (χ3n) is 3.94. The smallest absolute Gasteiger partial charge is 0.307 e. The summed E-state index contributed by atoms with van der Waals surface area (Å²) in [5.41, 5.74) is 1.54. The molecule has 1 fully saturated rings. The number of aromatic nitrogens is 1. The van der Waals surface area contributed by atoms with Crippen molar-refractivity contribution < 1.29 is 24.3 Å². The zero-order chi connectivity index (χ0) is 17.1. The second kappa shape index (κ2) is 7.02. The van der Waals surface area contributed by atoms with Crippen LogP contribution < -0.4 is 4.74 Å². The fraction of sp³-hybridized carbons (Fsp3) is 0.412. The van der Waals surface area contributed by atoms with E-state index < -0.39 is 12.1 Å². The first-order valence-electron chi connectivity index (χ1n) is 7.79. The Hall–Kier alpha value is -2.38. The molecule has 7 heteroatoms. The molecule has 0 saturated carbocycles. The summed E-state index contributed by atoms with van der Waals surface area (Å²) in [6.07, 6.45) is -0.933. The molecule has 2 N–H and O–H groups in total. The Bertz CT molecular complexity index is 697. The average Bonchev–Trinajstić information content (AvgIpc) is 3.07. The molecule has 1 aromatic carbocycles. The fourth-order valence-corrected chi connectivity index (χ4v) is 2.83. The second-order valence-electron chi connectivity index (χ2n) is 6.06. The lowest BCUT2D eigenvalue weighted by Gasteiger charge is -2.17. The van der Waals surface area contributed by atoms with Crippen LogP contribution in [0.1, 0.15) is 17.0 Å². The average molecular weight is 332 g/mol. The SMILES string of the molecule is Cc1cc(CN2C[C@@H](O)[C@H](Oc3ccc(CC(=O)O)cc3)C2)no1. The lowest BCUT2D eigenvalue weighted by Crippen LogP contribution is -2.29. The van der Waals surface area contributed by atoms with Crippen molar-refractivity contribution in [3.63, 3.8) is 0 Å². The van der Waals surface area contributed by atoms with Crippen LogP contribution in [0.4, 0.5) is 0 Å². The zero-order valence-corrected chi connectivity index (χ0v) is 13.4. The van der Waals surface area contributed by atoms with Crippen molar-refractivity contribution in [3.05, 3.63) is 47.3 Å². The van der Waals surface area contributed by atoms with Crippen molar-refractivity contribution in [2.75, 3.05) is 13.1 Å². The molecule has 0 radical (unpaired) electrons. The Kier molecular flexibility index (Phi) is 4.82. The van der Waals surface area contributed by atoms with Gasteiger partial charge in [-0.3, -0.25) is 9.69 Å². The van der Waals surface area contributed by atoms with Crippen LogP contribution in [0.3, 0.4) is 0 Å². The van der Waals surface area contributed by atoms with Crippen LogP contribution in [-0.4, -0.2) is 51.5 Å². The Morgan fingerprint density at radius 1 is 1.38 bits per heavy atom. The van der Waals surface area contributed by atoms with Gasteiger partial charge in [-0.25, -0.2) is 0 Å². The van der Waals surface area contributed by atoms with Gasteiger partial charge in [-0.15, -0.1) is 0 Å². The number of benzene rings is 1. The normalized spacial score (nSPS) is 21.1. The molecule has 7 nitrogen and oxygen atoms in total. The summed E-state index contributed by atoms with van der Waals surface area (Å²) in [7, 11) is 0.